The lowest BCUT2D eigenvalue weighted by Crippen LogP contribution is -2.55. The summed E-state index contributed by atoms with van der Waals surface area (Å²) in [4.78, 5) is 57.2. The van der Waals surface area contributed by atoms with Gasteiger partial charge in [0.1, 0.15) is 12.6 Å². The highest BCUT2D eigenvalue weighted by molar-refractivity contribution is 5.94. The summed E-state index contributed by atoms with van der Waals surface area (Å²) in [6, 6.07) is 11.8. The van der Waals surface area contributed by atoms with Crippen molar-refractivity contribution >= 4 is 23.8 Å². The highest BCUT2D eigenvalue weighted by Gasteiger charge is 2.30. The highest BCUT2D eigenvalue weighted by atomic mass is 16.5. The SMILES string of the molecule is C=CC(=O)NCCCCC(NC(=O)OCc1ccccc1)C(=O)N1CCN(C(=O)c2ccncc2)CC1. The second-order valence-corrected chi connectivity index (χ2v) is 8.60. The molecule has 0 radical (unpaired) electrons. The maximum atomic E-state index is 13.3. The number of aromatic nitrogens is 1. The number of piperazine rings is 1. The van der Waals surface area contributed by atoms with Crippen LogP contribution in [0.5, 0.6) is 0 Å². The molecule has 1 aromatic carbocycles. The topological polar surface area (TPSA) is 121 Å². The summed E-state index contributed by atoms with van der Waals surface area (Å²) in [5.41, 5.74) is 1.40. The Hall–Kier alpha value is -4.21. The normalized spacial score (nSPS) is 13.8. The van der Waals surface area contributed by atoms with Crippen LogP contribution in [0.3, 0.4) is 0 Å². The standard InChI is InChI=1S/C27H33N5O5/c1-2-24(33)29-13-7-6-10-23(30-27(36)37-20-21-8-4-3-5-9-21)26(35)32-18-16-31(17-19-32)25(34)22-11-14-28-15-12-22/h2-5,8-9,11-12,14-15,23H,1,6-7,10,13,16-20H2,(H,29,33)(H,30,36). The zero-order valence-electron chi connectivity index (χ0n) is 20.8. The molecule has 0 saturated carbocycles. The Morgan fingerprint density at radius 3 is 2.32 bits per heavy atom. The number of nitrogens with one attached hydrogen (secondary N) is 2. The number of hydrogen-bond donors (Lipinski definition) is 2. The van der Waals surface area contributed by atoms with Crippen molar-refractivity contribution in [1.29, 1.82) is 0 Å². The minimum absolute atomic E-state index is 0.0942. The molecule has 2 aromatic rings. The molecule has 37 heavy (non-hydrogen) atoms. The number of carbonyl (C=O) groups is 4. The number of nitrogens with zero attached hydrogens (tertiary/aromatic N) is 3. The number of alkyl carbamates (subject to hydrolysis) is 1. The van der Waals surface area contributed by atoms with Gasteiger partial charge in [-0.25, -0.2) is 4.79 Å². The van der Waals surface area contributed by atoms with Crippen LogP contribution in [0.1, 0.15) is 35.2 Å². The van der Waals surface area contributed by atoms with Crippen molar-refractivity contribution in [2.45, 2.75) is 31.9 Å². The molecule has 2 heterocycles. The second-order valence-electron chi connectivity index (χ2n) is 8.60. The van der Waals surface area contributed by atoms with Gasteiger partial charge in [-0.15, -0.1) is 0 Å². The van der Waals surface area contributed by atoms with Gasteiger partial charge in [0.05, 0.1) is 0 Å². The average molecular weight is 508 g/mol. The number of hydrogen-bond acceptors (Lipinski definition) is 6. The van der Waals surface area contributed by atoms with E-state index in [4.69, 9.17) is 4.74 Å². The van der Waals surface area contributed by atoms with E-state index in [2.05, 4.69) is 22.2 Å². The van der Waals surface area contributed by atoms with E-state index < -0.39 is 12.1 Å². The smallest absolute Gasteiger partial charge is 0.408 e. The number of unbranched alkanes of at least 4 members (excludes halogenated alkanes) is 1. The minimum Gasteiger partial charge on any atom is -0.445 e. The first-order chi connectivity index (χ1) is 18.0. The molecule has 1 fully saturated rings. The molecule has 1 saturated heterocycles. The third kappa shape index (κ3) is 8.75. The number of amides is 4. The maximum absolute atomic E-state index is 13.3. The van der Waals surface area contributed by atoms with Crippen LogP contribution in [0, 0.1) is 0 Å². The van der Waals surface area contributed by atoms with Gasteiger partial charge >= 0.3 is 6.09 Å². The predicted octanol–water partition coefficient (Wildman–Crippen LogP) is 2.13. The Morgan fingerprint density at radius 1 is 0.973 bits per heavy atom. The molecule has 1 unspecified atom stereocenters. The lowest BCUT2D eigenvalue weighted by Gasteiger charge is -2.36. The third-order valence-electron chi connectivity index (χ3n) is 6.01. The van der Waals surface area contributed by atoms with Crippen LogP contribution in [0.2, 0.25) is 0 Å². The molecular weight excluding hydrogens is 474 g/mol. The molecule has 3 rings (SSSR count). The van der Waals surface area contributed by atoms with Crippen LogP contribution >= 0.6 is 0 Å². The zero-order valence-corrected chi connectivity index (χ0v) is 20.8. The molecule has 0 spiro atoms. The summed E-state index contributed by atoms with van der Waals surface area (Å²) in [5.74, 6) is -0.576. The Morgan fingerprint density at radius 2 is 1.65 bits per heavy atom. The van der Waals surface area contributed by atoms with Crippen LogP contribution in [-0.2, 0) is 20.9 Å². The fourth-order valence-electron chi connectivity index (χ4n) is 3.95. The minimum atomic E-state index is -0.777. The van der Waals surface area contributed by atoms with Gasteiger partial charge in [0, 0.05) is 50.7 Å². The van der Waals surface area contributed by atoms with Gasteiger partial charge in [-0.3, -0.25) is 19.4 Å². The molecule has 1 aromatic heterocycles. The van der Waals surface area contributed by atoms with E-state index in [0.29, 0.717) is 57.5 Å². The molecule has 0 aliphatic carbocycles. The van der Waals surface area contributed by atoms with Gasteiger partial charge in [0.25, 0.3) is 5.91 Å². The van der Waals surface area contributed by atoms with Gasteiger partial charge < -0.3 is 25.2 Å². The summed E-state index contributed by atoms with van der Waals surface area (Å²) in [5, 5.41) is 5.41. The molecule has 2 N–H and O–H groups in total. The lowest BCUT2D eigenvalue weighted by atomic mass is 10.1. The van der Waals surface area contributed by atoms with Crippen molar-refractivity contribution in [3.8, 4) is 0 Å². The molecule has 1 aliphatic heterocycles. The number of pyridine rings is 1. The number of rotatable bonds is 11. The molecule has 0 bridgehead atoms. The van der Waals surface area contributed by atoms with E-state index in [1.165, 1.54) is 6.08 Å². The van der Waals surface area contributed by atoms with Crippen LogP contribution in [0.4, 0.5) is 4.79 Å². The number of benzene rings is 1. The van der Waals surface area contributed by atoms with Gasteiger partial charge in [-0.1, -0.05) is 36.9 Å². The Balaban J connectivity index is 1.54. The summed E-state index contributed by atoms with van der Waals surface area (Å²) >= 11 is 0. The molecule has 1 atom stereocenters. The van der Waals surface area contributed by atoms with E-state index in [9.17, 15) is 19.2 Å². The third-order valence-corrected chi connectivity index (χ3v) is 6.01. The summed E-state index contributed by atoms with van der Waals surface area (Å²) in [6.07, 6.45) is 5.31. The summed E-state index contributed by atoms with van der Waals surface area (Å²) in [6.45, 7) is 5.47. The second kappa shape index (κ2) is 14.4. The van der Waals surface area contributed by atoms with Crippen LogP contribution in [0.25, 0.3) is 0 Å². The molecule has 10 heteroatoms. The Kier molecular flexibility index (Phi) is 10.6. The first kappa shape index (κ1) is 27.4. The van der Waals surface area contributed by atoms with Crippen molar-refractivity contribution in [3.05, 3.63) is 78.6 Å². The van der Waals surface area contributed by atoms with Crippen molar-refractivity contribution in [2.75, 3.05) is 32.7 Å². The summed E-state index contributed by atoms with van der Waals surface area (Å²) in [7, 11) is 0. The average Bonchev–Trinajstić information content (AvgIpc) is 2.95. The van der Waals surface area contributed by atoms with Gasteiger partial charge in [-0.2, -0.15) is 0 Å². The van der Waals surface area contributed by atoms with Gasteiger partial charge in [0.15, 0.2) is 0 Å². The number of ether oxygens (including phenoxy) is 1. The van der Waals surface area contributed by atoms with E-state index in [-0.39, 0.29) is 24.3 Å². The first-order valence-corrected chi connectivity index (χ1v) is 12.3. The van der Waals surface area contributed by atoms with Crippen molar-refractivity contribution in [3.63, 3.8) is 0 Å². The molecule has 1 aliphatic rings. The Labute approximate surface area is 216 Å². The maximum Gasteiger partial charge on any atom is 0.408 e. The first-order valence-electron chi connectivity index (χ1n) is 12.3. The van der Waals surface area contributed by atoms with Gasteiger partial charge in [-0.05, 0) is 43.0 Å². The van der Waals surface area contributed by atoms with Crippen LogP contribution in [0.15, 0.2) is 67.5 Å². The monoisotopic (exact) mass is 507 g/mol. The van der Waals surface area contributed by atoms with Crippen molar-refractivity contribution in [1.82, 2.24) is 25.4 Å². The quantitative estimate of drug-likeness (QED) is 0.355. The van der Waals surface area contributed by atoms with E-state index in [1.807, 2.05) is 30.3 Å². The van der Waals surface area contributed by atoms with Gasteiger partial charge in [0.2, 0.25) is 11.8 Å². The summed E-state index contributed by atoms with van der Waals surface area (Å²) < 4.78 is 5.32. The molecule has 10 nitrogen and oxygen atoms in total. The van der Waals surface area contributed by atoms with Crippen LogP contribution in [-0.4, -0.2) is 77.4 Å². The Bertz CT molecular complexity index is 1060. The fourth-order valence-corrected chi connectivity index (χ4v) is 3.95. The highest BCUT2D eigenvalue weighted by Crippen LogP contribution is 2.12. The lowest BCUT2D eigenvalue weighted by molar-refractivity contribution is -0.135. The van der Waals surface area contributed by atoms with Crippen molar-refractivity contribution < 1.29 is 23.9 Å². The van der Waals surface area contributed by atoms with Crippen LogP contribution < -0.4 is 10.6 Å². The van der Waals surface area contributed by atoms with E-state index in [0.717, 1.165) is 5.56 Å². The zero-order chi connectivity index (χ0) is 26.5. The molecule has 4 amide bonds. The number of carbonyl (C=O) groups excluding carboxylic acids is 4. The largest absolute Gasteiger partial charge is 0.445 e. The predicted molar refractivity (Wildman–Crippen MR) is 137 cm³/mol. The molecular formula is C27H33N5O5. The van der Waals surface area contributed by atoms with E-state index >= 15 is 0 Å². The molecule has 196 valence electrons. The van der Waals surface area contributed by atoms with E-state index in [1.54, 1.807) is 34.3 Å². The fraction of sp³-hybridized carbons (Fsp3) is 0.370. The van der Waals surface area contributed by atoms with Crippen molar-refractivity contribution in [2.24, 2.45) is 0 Å².